The number of para-hydroxylation sites is 1. The largest absolute Gasteiger partial charge is 0.370 e. The Balaban J connectivity index is 2.76. The fourth-order valence-electron chi connectivity index (χ4n) is 1.44. The Morgan fingerprint density at radius 1 is 1.23 bits per heavy atom. The van der Waals surface area contributed by atoms with Gasteiger partial charge in [-0.1, -0.05) is 24.5 Å². The van der Waals surface area contributed by atoms with Gasteiger partial charge in [0, 0.05) is 18.3 Å². The minimum Gasteiger partial charge on any atom is -0.370 e. The van der Waals surface area contributed by atoms with Gasteiger partial charge in [0.15, 0.2) is 0 Å². The summed E-state index contributed by atoms with van der Waals surface area (Å²) in [6, 6.07) is 10.9. The van der Waals surface area contributed by atoms with Crippen LogP contribution in [0.1, 0.15) is 13.8 Å². The molecule has 0 bridgehead atoms. The number of anilines is 1. The van der Waals surface area contributed by atoms with Gasteiger partial charge in [0.25, 0.3) is 0 Å². The van der Waals surface area contributed by atoms with Crippen molar-refractivity contribution in [2.45, 2.75) is 26.2 Å². The molecule has 0 fully saturated rings. The molecule has 0 spiro atoms. The van der Waals surface area contributed by atoms with Gasteiger partial charge in [-0.25, -0.2) is 0 Å². The molecular weight excluding hydrogens is 157 g/mol. The number of rotatable bonds is 4. The lowest BCUT2D eigenvalue weighted by Crippen LogP contribution is -2.31. The van der Waals surface area contributed by atoms with Crippen LogP contribution in [0.15, 0.2) is 30.3 Å². The summed E-state index contributed by atoms with van der Waals surface area (Å²) in [7, 11) is 5.56. The summed E-state index contributed by atoms with van der Waals surface area (Å²) in [6.45, 7) is 5.28. The topological polar surface area (TPSA) is 3.24 Å². The minimum atomic E-state index is 0.506. The Labute approximate surface area is 82.2 Å². The zero-order valence-electron chi connectivity index (χ0n) is 8.40. The number of hydrogen-bond donors (Lipinski definition) is 0. The summed E-state index contributed by atoms with van der Waals surface area (Å²) in [5.74, 6) is 0. The van der Waals surface area contributed by atoms with Crippen molar-refractivity contribution in [1.29, 1.82) is 0 Å². The second-order valence-corrected chi connectivity index (χ2v) is 3.41. The van der Waals surface area contributed by atoms with Gasteiger partial charge in [0.05, 0.1) is 7.85 Å². The fraction of sp³-hybridized carbons (Fsp3) is 0.455. The predicted molar refractivity (Wildman–Crippen MR) is 59.5 cm³/mol. The second-order valence-electron chi connectivity index (χ2n) is 3.41. The highest BCUT2D eigenvalue weighted by molar-refractivity contribution is 6.08. The molecule has 1 aromatic rings. The van der Waals surface area contributed by atoms with Crippen LogP contribution in [-0.2, 0) is 0 Å². The Morgan fingerprint density at radius 3 is 2.31 bits per heavy atom. The lowest BCUT2D eigenvalue weighted by atomic mass is 10.0. The van der Waals surface area contributed by atoms with E-state index in [9.17, 15) is 0 Å². The minimum absolute atomic E-state index is 0.506. The summed E-state index contributed by atoms with van der Waals surface area (Å²) in [5, 5.41) is 0. The maximum absolute atomic E-state index is 5.56. The van der Waals surface area contributed by atoms with Gasteiger partial charge in [0.1, 0.15) is 0 Å². The first-order chi connectivity index (χ1) is 6.25. The molecule has 0 N–H and O–H groups in total. The van der Waals surface area contributed by atoms with Gasteiger partial charge >= 0.3 is 0 Å². The van der Waals surface area contributed by atoms with Crippen LogP contribution >= 0.6 is 0 Å². The van der Waals surface area contributed by atoms with Crippen molar-refractivity contribution in [1.82, 2.24) is 0 Å². The normalized spacial score (nSPS) is 10.4. The molecule has 0 amide bonds. The summed E-state index contributed by atoms with van der Waals surface area (Å²) in [4.78, 5) is 2.31. The van der Waals surface area contributed by atoms with Gasteiger partial charge < -0.3 is 4.90 Å². The molecule has 0 heterocycles. The molecule has 1 nitrogen and oxygen atoms in total. The van der Waals surface area contributed by atoms with E-state index in [4.69, 9.17) is 7.85 Å². The van der Waals surface area contributed by atoms with E-state index in [-0.39, 0.29) is 0 Å². The first-order valence-corrected chi connectivity index (χ1v) is 4.77. The van der Waals surface area contributed by atoms with Gasteiger partial charge in [0.2, 0.25) is 0 Å². The molecule has 1 aromatic carbocycles. The smallest absolute Gasteiger partial charge is 0.0676 e. The van der Waals surface area contributed by atoms with Crippen LogP contribution in [0, 0.1) is 0 Å². The Morgan fingerprint density at radius 2 is 1.85 bits per heavy atom. The third-order valence-electron chi connectivity index (χ3n) is 2.08. The van der Waals surface area contributed by atoms with Crippen LogP contribution < -0.4 is 4.90 Å². The average molecular weight is 173 g/mol. The van der Waals surface area contributed by atoms with Crippen molar-refractivity contribution in [3.05, 3.63) is 30.3 Å². The van der Waals surface area contributed by atoms with E-state index in [1.807, 2.05) is 6.07 Å². The number of nitrogens with zero attached hydrogens (tertiary/aromatic N) is 1. The summed E-state index contributed by atoms with van der Waals surface area (Å²) in [6.07, 6.45) is 0.701. The van der Waals surface area contributed by atoms with E-state index >= 15 is 0 Å². The molecule has 0 aliphatic rings. The monoisotopic (exact) mass is 173 g/mol. The SMILES string of the molecule is [B]CCN(c1ccccc1)C(C)C. The maximum atomic E-state index is 5.56. The quantitative estimate of drug-likeness (QED) is 0.632. The van der Waals surface area contributed by atoms with E-state index in [0.717, 1.165) is 6.54 Å². The van der Waals surface area contributed by atoms with Crippen molar-refractivity contribution in [2.24, 2.45) is 0 Å². The molecule has 0 saturated carbocycles. The first kappa shape index (κ1) is 10.2. The van der Waals surface area contributed by atoms with Crippen LogP contribution in [0.2, 0.25) is 6.32 Å². The Bertz CT molecular complexity index is 233. The number of benzene rings is 1. The molecule has 2 radical (unpaired) electrons. The Kier molecular flexibility index (Phi) is 3.87. The average Bonchev–Trinajstić information content (AvgIpc) is 2.15. The highest BCUT2D eigenvalue weighted by Crippen LogP contribution is 2.16. The number of hydrogen-bond acceptors (Lipinski definition) is 1. The molecule has 0 aliphatic carbocycles. The lowest BCUT2D eigenvalue weighted by molar-refractivity contribution is 0.703. The van der Waals surface area contributed by atoms with E-state index in [1.54, 1.807) is 0 Å². The maximum Gasteiger partial charge on any atom is 0.0676 e. The molecule has 68 valence electrons. The van der Waals surface area contributed by atoms with Crippen LogP contribution in [0.25, 0.3) is 0 Å². The zero-order valence-corrected chi connectivity index (χ0v) is 8.40. The first-order valence-electron chi connectivity index (χ1n) is 4.77. The molecule has 0 atom stereocenters. The van der Waals surface area contributed by atoms with Crippen molar-refractivity contribution in [3.8, 4) is 0 Å². The van der Waals surface area contributed by atoms with Gasteiger partial charge in [-0.2, -0.15) is 0 Å². The highest BCUT2D eigenvalue weighted by Gasteiger charge is 2.07. The fourth-order valence-corrected chi connectivity index (χ4v) is 1.44. The van der Waals surface area contributed by atoms with Crippen LogP contribution in [-0.4, -0.2) is 20.4 Å². The van der Waals surface area contributed by atoms with Gasteiger partial charge in [-0.05, 0) is 26.0 Å². The molecule has 0 unspecified atom stereocenters. The predicted octanol–water partition coefficient (Wildman–Crippen LogP) is 2.49. The zero-order chi connectivity index (χ0) is 9.68. The van der Waals surface area contributed by atoms with Gasteiger partial charge in [-0.15, -0.1) is 0 Å². The summed E-state index contributed by atoms with van der Waals surface area (Å²) >= 11 is 0. The molecule has 0 aliphatic heterocycles. The summed E-state index contributed by atoms with van der Waals surface area (Å²) in [5.41, 5.74) is 1.25. The van der Waals surface area contributed by atoms with E-state index < -0.39 is 0 Å². The van der Waals surface area contributed by atoms with E-state index in [2.05, 4.69) is 43.0 Å². The van der Waals surface area contributed by atoms with Crippen molar-refractivity contribution in [3.63, 3.8) is 0 Å². The third kappa shape index (κ3) is 2.80. The van der Waals surface area contributed by atoms with Crippen molar-refractivity contribution in [2.75, 3.05) is 11.4 Å². The van der Waals surface area contributed by atoms with Crippen molar-refractivity contribution < 1.29 is 0 Å². The van der Waals surface area contributed by atoms with Crippen LogP contribution in [0.4, 0.5) is 5.69 Å². The van der Waals surface area contributed by atoms with E-state index in [1.165, 1.54) is 5.69 Å². The molecular formula is C11H16BN. The standard InChI is InChI=1S/C11H16BN/c1-10(2)13(9-8-12)11-6-4-3-5-7-11/h3-7,10H,8-9H2,1-2H3. The lowest BCUT2D eigenvalue weighted by Gasteiger charge is -2.28. The van der Waals surface area contributed by atoms with Crippen molar-refractivity contribution >= 4 is 13.5 Å². The van der Waals surface area contributed by atoms with Gasteiger partial charge in [-0.3, -0.25) is 0 Å². The van der Waals surface area contributed by atoms with Crippen LogP contribution in [0.3, 0.4) is 0 Å². The molecule has 13 heavy (non-hydrogen) atoms. The van der Waals surface area contributed by atoms with E-state index in [0.29, 0.717) is 12.4 Å². The Hall–Kier alpha value is -0.915. The highest BCUT2D eigenvalue weighted by atomic mass is 15.1. The molecule has 0 saturated heterocycles. The summed E-state index contributed by atoms with van der Waals surface area (Å²) < 4.78 is 0. The van der Waals surface area contributed by atoms with Crippen LogP contribution in [0.5, 0.6) is 0 Å². The molecule has 0 aromatic heterocycles. The second kappa shape index (κ2) is 4.95. The molecule has 2 heteroatoms. The third-order valence-corrected chi connectivity index (χ3v) is 2.08. The molecule has 1 rings (SSSR count).